The predicted molar refractivity (Wildman–Crippen MR) is 114 cm³/mol. The van der Waals surface area contributed by atoms with E-state index in [9.17, 15) is 29.1 Å². The lowest BCUT2D eigenvalue weighted by Crippen LogP contribution is -2.50. The summed E-state index contributed by atoms with van der Waals surface area (Å²) < 4.78 is 15.9. The van der Waals surface area contributed by atoms with Crippen molar-refractivity contribution < 1.29 is 43.3 Å². The Morgan fingerprint density at radius 1 is 1.21 bits per heavy atom. The number of phenols is 1. The maximum atomic E-state index is 12.8. The van der Waals surface area contributed by atoms with Gasteiger partial charge in [0.25, 0.3) is 5.91 Å². The van der Waals surface area contributed by atoms with Crippen LogP contribution in [0.2, 0.25) is 0 Å². The molecule has 1 aliphatic rings. The van der Waals surface area contributed by atoms with Crippen molar-refractivity contribution >= 4 is 35.9 Å². The summed E-state index contributed by atoms with van der Waals surface area (Å²) in [4.78, 5) is 60.6. The number of esters is 3. The van der Waals surface area contributed by atoms with Crippen LogP contribution in [0.5, 0.6) is 5.75 Å². The standard InChI is InChI=1S/C22H28N2O9/c1-11(2)8-17(26)33-16-9-18(27)31-13(4)19(22(30)32-12(16)3)24-21(29)14-6-5-7-15(20(14)28)23-10-25/h5-7,10-13,16,19,28H,8-9H2,1-4H3,(H,23,25)(H,24,29)/t12-,13+,16+,19-/m0/s1. The summed E-state index contributed by atoms with van der Waals surface area (Å²) in [5.41, 5.74) is -0.226. The molecule has 1 fully saturated rings. The van der Waals surface area contributed by atoms with Gasteiger partial charge in [0.1, 0.15) is 18.3 Å². The molecule has 2 rings (SSSR count). The van der Waals surface area contributed by atoms with Gasteiger partial charge in [0, 0.05) is 6.42 Å². The number of phenolic OH excluding ortho intramolecular Hbond substituents is 1. The van der Waals surface area contributed by atoms with E-state index in [1.54, 1.807) is 0 Å². The number of carbonyl (C=O) groups is 5. The molecule has 0 spiro atoms. The SMILES string of the molecule is CC(C)CC(=O)O[C@@H]1CC(=O)O[C@H](C)[C@H](NC(=O)c2cccc(NC=O)c2O)C(=O)O[C@H]1C. The Bertz CT molecular complexity index is 915. The van der Waals surface area contributed by atoms with E-state index in [-0.39, 0.29) is 30.0 Å². The number of cyclic esters (lactones) is 2. The molecule has 180 valence electrons. The van der Waals surface area contributed by atoms with E-state index in [4.69, 9.17) is 14.2 Å². The zero-order valence-electron chi connectivity index (χ0n) is 18.8. The summed E-state index contributed by atoms with van der Waals surface area (Å²) in [5.74, 6) is -3.52. The second kappa shape index (κ2) is 11.3. The van der Waals surface area contributed by atoms with Crippen molar-refractivity contribution in [3.8, 4) is 5.75 Å². The molecule has 4 atom stereocenters. The molecule has 11 nitrogen and oxygen atoms in total. The Morgan fingerprint density at radius 3 is 2.55 bits per heavy atom. The third-order valence-electron chi connectivity index (χ3n) is 4.87. The van der Waals surface area contributed by atoms with Crippen LogP contribution in [0, 0.1) is 5.92 Å². The number of para-hydroxylation sites is 1. The van der Waals surface area contributed by atoms with Crippen LogP contribution in [-0.2, 0) is 33.4 Å². The highest BCUT2D eigenvalue weighted by Gasteiger charge is 2.38. The molecule has 0 bridgehead atoms. The maximum absolute atomic E-state index is 12.8. The molecule has 0 saturated carbocycles. The molecule has 0 aromatic heterocycles. The fourth-order valence-electron chi connectivity index (χ4n) is 3.17. The Balaban J connectivity index is 2.21. The Labute approximate surface area is 190 Å². The largest absolute Gasteiger partial charge is 0.505 e. The highest BCUT2D eigenvalue weighted by atomic mass is 16.6. The summed E-state index contributed by atoms with van der Waals surface area (Å²) in [6.45, 7) is 6.52. The van der Waals surface area contributed by atoms with Gasteiger partial charge < -0.3 is 30.0 Å². The van der Waals surface area contributed by atoms with Gasteiger partial charge in [0.05, 0.1) is 17.7 Å². The minimum absolute atomic E-state index is 0.00570. The molecular formula is C22H28N2O9. The number of carbonyl (C=O) groups excluding carboxylic acids is 5. The molecule has 0 radical (unpaired) electrons. The van der Waals surface area contributed by atoms with Crippen LogP contribution in [0.4, 0.5) is 5.69 Å². The fourth-order valence-corrected chi connectivity index (χ4v) is 3.17. The van der Waals surface area contributed by atoms with Crippen molar-refractivity contribution in [2.45, 2.75) is 64.9 Å². The summed E-state index contributed by atoms with van der Waals surface area (Å²) in [5, 5.41) is 14.9. The number of hydrogen-bond acceptors (Lipinski definition) is 9. The van der Waals surface area contributed by atoms with Gasteiger partial charge >= 0.3 is 17.9 Å². The maximum Gasteiger partial charge on any atom is 0.332 e. The fraction of sp³-hybridized carbons (Fsp3) is 0.500. The third-order valence-corrected chi connectivity index (χ3v) is 4.87. The van der Waals surface area contributed by atoms with Crippen molar-refractivity contribution in [2.24, 2.45) is 5.92 Å². The highest BCUT2D eigenvalue weighted by Crippen LogP contribution is 2.27. The lowest BCUT2D eigenvalue weighted by Gasteiger charge is -2.25. The molecule has 11 heteroatoms. The van der Waals surface area contributed by atoms with Gasteiger partial charge in [-0.3, -0.25) is 19.2 Å². The molecule has 0 unspecified atom stereocenters. The first-order chi connectivity index (χ1) is 15.5. The van der Waals surface area contributed by atoms with Crippen LogP contribution < -0.4 is 10.6 Å². The Kier molecular flexibility index (Phi) is 8.78. The molecule has 1 saturated heterocycles. The first-order valence-electron chi connectivity index (χ1n) is 10.5. The van der Waals surface area contributed by atoms with Crippen LogP contribution in [0.3, 0.4) is 0 Å². The van der Waals surface area contributed by atoms with Gasteiger partial charge in [-0.2, -0.15) is 0 Å². The van der Waals surface area contributed by atoms with Crippen molar-refractivity contribution in [2.75, 3.05) is 5.32 Å². The average Bonchev–Trinajstić information content (AvgIpc) is 2.74. The predicted octanol–water partition coefficient (Wildman–Crippen LogP) is 1.28. The first-order valence-corrected chi connectivity index (χ1v) is 10.5. The monoisotopic (exact) mass is 464 g/mol. The lowest BCUT2D eigenvalue weighted by atomic mass is 10.1. The van der Waals surface area contributed by atoms with Crippen LogP contribution >= 0.6 is 0 Å². The van der Waals surface area contributed by atoms with E-state index in [1.807, 2.05) is 13.8 Å². The van der Waals surface area contributed by atoms with Gasteiger partial charge in [-0.25, -0.2) is 4.79 Å². The van der Waals surface area contributed by atoms with Crippen LogP contribution in [0.25, 0.3) is 0 Å². The van der Waals surface area contributed by atoms with Crippen LogP contribution in [0.1, 0.15) is 50.9 Å². The van der Waals surface area contributed by atoms with E-state index in [0.717, 1.165) is 0 Å². The second-order valence-corrected chi connectivity index (χ2v) is 8.08. The number of nitrogens with one attached hydrogen (secondary N) is 2. The van der Waals surface area contributed by atoms with E-state index in [1.165, 1.54) is 32.0 Å². The van der Waals surface area contributed by atoms with E-state index < -0.39 is 53.9 Å². The van der Waals surface area contributed by atoms with Gasteiger partial charge in [-0.05, 0) is 31.9 Å². The molecule has 1 aromatic rings. The Morgan fingerprint density at radius 2 is 1.91 bits per heavy atom. The number of benzene rings is 1. The van der Waals surface area contributed by atoms with E-state index >= 15 is 0 Å². The molecule has 1 aliphatic heterocycles. The lowest BCUT2D eigenvalue weighted by molar-refractivity contribution is -0.169. The summed E-state index contributed by atoms with van der Waals surface area (Å²) in [6, 6.07) is 2.67. The minimum Gasteiger partial charge on any atom is -0.505 e. The molecule has 33 heavy (non-hydrogen) atoms. The van der Waals surface area contributed by atoms with E-state index in [0.29, 0.717) is 6.41 Å². The normalized spacial score (nSPS) is 23.3. The van der Waals surface area contributed by atoms with Crippen molar-refractivity contribution in [3.63, 3.8) is 0 Å². The topological polar surface area (TPSA) is 157 Å². The quantitative estimate of drug-likeness (QED) is 0.234. The molecule has 2 amide bonds. The number of anilines is 1. The zero-order chi connectivity index (χ0) is 24.7. The molecule has 1 aromatic carbocycles. The number of hydrogen-bond donors (Lipinski definition) is 3. The van der Waals surface area contributed by atoms with Gasteiger partial charge in [0.2, 0.25) is 6.41 Å². The Hall–Kier alpha value is -3.63. The van der Waals surface area contributed by atoms with Crippen molar-refractivity contribution in [1.29, 1.82) is 0 Å². The average molecular weight is 464 g/mol. The number of aromatic hydroxyl groups is 1. The van der Waals surface area contributed by atoms with E-state index in [2.05, 4.69) is 10.6 Å². The second-order valence-electron chi connectivity index (χ2n) is 8.08. The summed E-state index contributed by atoms with van der Waals surface area (Å²) in [7, 11) is 0. The molecule has 1 heterocycles. The minimum atomic E-state index is -1.41. The summed E-state index contributed by atoms with van der Waals surface area (Å²) >= 11 is 0. The molecule has 0 aliphatic carbocycles. The van der Waals surface area contributed by atoms with Crippen LogP contribution in [-0.4, -0.2) is 59.7 Å². The summed E-state index contributed by atoms with van der Waals surface area (Å²) in [6.07, 6.45) is -3.03. The third kappa shape index (κ3) is 6.93. The molecule has 3 N–H and O–H groups in total. The van der Waals surface area contributed by atoms with Gasteiger partial charge in [-0.15, -0.1) is 0 Å². The zero-order valence-corrected chi connectivity index (χ0v) is 18.8. The first kappa shape index (κ1) is 25.6. The van der Waals surface area contributed by atoms with Crippen molar-refractivity contribution in [3.05, 3.63) is 23.8 Å². The van der Waals surface area contributed by atoms with Gasteiger partial charge in [-0.1, -0.05) is 19.9 Å². The number of ether oxygens (including phenoxy) is 3. The van der Waals surface area contributed by atoms with Crippen molar-refractivity contribution in [1.82, 2.24) is 5.32 Å². The smallest absolute Gasteiger partial charge is 0.332 e. The highest BCUT2D eigenvalue weighted by molar-refractivity contribution is 6.01. The van der Waals surface area contributed by atoms with Crippen LogP contribution in [0.15, 0.2) is 18.2 Å². The van der Waals surface area contributed by atoms with Gasteiger partial charge in [0.15, 0.2) is 11.8 Å². The number of rotatable bonds is 7. The number of amides is 2. The molecular weight excluding hydrogens is 436 g/mol.